The number of benzene rings is 3. The molecule has 2 N–H and O–H groups in total. The van der Waals surface area contributed by atoms with Gasteiger partial charge in [0.25, 0.3) is 5.91 Å². The van der Waals surface area contributed by atoms with Gasteiger partial charge in [-0.25, -0.2) is 4.39 Å². The maximum atomic E-state index is 13.4. The number of primary amides is 1. The molecule has 1 saturated carbocycles. The lowest BCUT2D eigenvalue weighted by molar-refractivity contribution is 0.1000. The highest BCUT2D eigenvalue weighted by Crippen LogP contribution is 2.47. The Labute approximate surface area is 230 Å². The topological polar surface area (TPSA) is 109 Å². The van der Waals surface area contributed by atoms with Gasteiger partial charge in [0.1, 0.15) is 22.9 Å². The number of carbonyl (C=O) groups is 1. The molecule has 0 spiro atoms. The molecular weight excluding hydrogens is 575 g/mol. The van der Waals surface area contributed by atoms with Crippen LogP contribution in [0.1, 0.15) is 51.6 Å². The third-order valence-electron chi connectivity index (χ3n) is 6.72. The van der Waals surface area contributed by atoms with Crippen LogP contribution in [0.5, 0.6) is 5.75 Å². The summed E-state index contributed by atoms with van der Waals surface area (Å²) in [6, 6.07) is 15.1. The number of carbonyl (C=O) groups excluding carboxylic acids is 1. The van der Waals surface area contributed by atoms with Crippen LogP contribution < -0.4 is 14.8 Å². The maximum absolute atomic E-state index is 13.4. The third kappa shape index (κ3) is 5.48. The van der Waals surface area contributed by atoms with E-state index in [0.29, 0.717) is 34.6 Å². The average molecular weight is 600 g/mol. The highest BCUT2D eigenvalue weighted by Gasteiger charge is 2.31. The average Bonchev–Trinajstić information content (AvgIpc) is 3.67. The fourth-order valence-electron chi connectivity index (χ4n) is 4.68. The van der Waals surface area contributed by atoms with Gasteiger partial charge in [-0.3, -0.25) is 9.00 Å². The van der Waals surface area contributed by atoms with E-state index in [2.05, 4.69) is 15.9 Å². The smallest absolute Gasteiger partial charge is 0.252 e. The summed E-state index contributed by atoms with van der Waals surface area (Å²) in [7, 11) is 1.58. The van der Waals surface area contributed by atoms with E-state index in [-0.39, 0.29) is 30.3 Å². The first-order chi connectivity index (χ1) is 18.2. The minimum Gasteiger partial charge on any atom is -0.755 e. The molecule has 1 fully saturated rings. The van der Waals surface area contributed by atoms with Crippen molar-refractivity contribution in [2.24, 2.45) is 5.73 Å². The summed E-state index contributed by atoms with van der Waals surface area (Å²) in [6.45, 7) is 0.206. The van der Waals surface area contributed by atoms with Gasteiger partial charge >= 0.3 is 0 Å². The Morgan fingerprint density at radius 3 is 2.53 bits per heavy atom. The van der Waals surface area contributed by atoms with Crippen molar-refractivity contribution in [3.63, 3.8) is 0 Å². The summed E-state index contributed by atoms with van der Waals surface area (Å²) in [5.41, 5.74) is 9.42. The number of anilines is 1. The molecule has 7 nitrogen and oxygen atoms in total. The lowest BCUT2D eigenvalue weighted by atomic mass is 10.0. The second-order valence-corrected chi connectivity index (χ2v) is 11.0. The summed E-state index contributed by atoms with van der Waals surface area (Å²) in [4.78, 5) is 12.5. The first kappa shape index (κ1) is 26.4. The monoisotopic (exact) mass is 599 g/mol. The summed E-state index contributed by atoms with van der Waals surface area (Å²) in [6.07, 6.45) is 2.55. The number of fused-ring (bicyclic) bond motifs is 1. The van der Waals surface area contributed by atoms with Crippen LogP contribution in [0.25, 0.3) is 11.0 Å². The van der Waals surface area contributed by atoms with Gasteiger partial charge in [-0.1, -0.05) is 18.2 Å². The number of nitrogens with zero attached hydrogens (tertiary/aromatic N) is 1. The van der Waals surface area contributed by atoms with Crippen molar-refractivity contribution in [2.45, 2.75) is 31.6 Å². The van der Waals surface area contributed by atoms with Gasteiger partial charge in [-0.15, -0.1) is 0 Å². The molecule has 0 bridgehead atoms. The highest BCUT2D eigenvalue weighted by atomic mass is 79.9. The van der Waals surface area contributed by atoms with Crippen molar-refractivity contribution < 1.29 is 27.1 Å². The van der Waals surface area contributed by atoms with Crippen molar-refractivity contribution in [1.82, 2.24) is 0 Å². The number of furan rings is 1. The predicted octanol–water partition coefficient (Wildman–Crippen LogP) is 5.75. The van der Waals surface area contributed by atoms with Crippen LogP contribution in [-0.4, -0.2) is 28.3 Å². The Balaban J connectivity index is 1.54. The second kappa shape index (κ2) is 10.9. The van der Waals surface area contributed by atoms with Crippen molar-refractivity contribution in [2.75, 3.05) is 18.0 Å². The number of amides is 1. The third-order valence-corrected chi connectivity index (χ3v) is 8.11. The van der Waals surface area contributed by atoms with Gasteiger partial charge in [0.05, 0.1) is 22.8 Å². The molecule has 0 saturated heterocycles. The summed E-state index contributed by atoms with van der Waals surface area (Å²) >= 11 is 0.885. The van der Waals surface area contributed by atoms with E-state index in [9.17, 15) is 17.9 Å². The minimum absolute atomic E-state index is 0.185. The normalized spacial score (nSPS) is 14.0. The fraction of sp³-hybridized carbons (Fsp3) is 0.250. The van der Waals surface area contributed by atoms with Gasteiger partial charge in [0, 0.05) is 35.7 Å². The van der Waals surface area contributed by atoms with Crippen molar-refractivity contribution >= 4 is 49.8 Å². The molecular formula is C28H25BrFN2O5S-. The zero-order valence-corrected chi connectivity index (χ0v) is 22.9. The van der Waals surface area contributed by atoms with Crippen LogP contribution in [0.2, 0.25) is 0 Å². The molecule has 198 valence electrons. The number of halogens is 2. The van der Waals surface area contributed by atoms with E-state index in [1.54, 1.807) is 25.3 Å². The van der Waals surface area contributed by atoms with E-state index in [0.717, 1.165) is 34.0 Å². The summed E-state index contributed by atoms with van der Waals surface area (Å²) in [5, 5.41) is 0.550. The Morgan fingerprint density at radius 2 is 1.89 bits per heavy atom. The van der Waals surface area contributed by atoms with E-state index >= 15 is 0 Å². The molecule has 4 aromatic rings. The number of hydrogen-bond acceptors (Lipinski definition) is 5. The zero-order chi connectivity index (χ0) is 27.0. The Hall–Kier alpha value is -3.21. The number of ether oxygens (including phenoxy) is 1. The van der Waals surface area contributed by atoms with Crippen LogP contribution in [0.3, 0.4) is 0 Å². The lowest BCUT2D eigenvalue weighted by Crippen LogP contribution is -2.28. The van der Waals surface area contributed by atoms with E-state index in [1.165, 1.54) is 16.4 Å². The molecule has 38 heavy (non-hydrogen) atoms. The maximum Gasteiger partial charge on any atom is 0.252 e. The Kier molecular flexibility index (Phi) is 7.56. The molecule has 1 aliphatic rings. The highest BCUT2D eigenvalue weighted by molar-refractivity contribution is 9.10. The first-order valence-corrected chi connectivity index (χ1v) is 13.9. The molecule has 10 heteroatoms. The summed E-state index contributed by atoms with van der Waals surface area (Å²) in [5.74, 6) is 0.211. The molecule has 3 aromatic carbocycles. The standard InChI is InChI=1S/C28H26BrFN2O5S/c1-36-25-12-17(4-9-22(25)29)10-11-32(38(34)35)23-15-24-21(14-20(23)18-5-6-18)27(28(31)33)26(37-24)13-16-2-7-19(30)8-3-16/h2-4,7-9,12,14-15,18H,5-6,10-11,13H2,1H3,(H2,31,33)(H,34,35)/p-1. The number of rotatable bonds is 10. The molecule has 0 radical (unpaired) electrons. The van der Waals surface area contributed by atoms with Gasteiger partial charge in [0.15, 0.2) is 0 Å². The van der Waals surface area contributed by atoms with E-state index < -0.39 is 17.2 Å². The molecule has 1 aromatic heterocycles. The quantitative estimate of drug-likeness (QED) is 0.233. The van der Waals surface area contributed by atoms with Crippen LogP contribution in [0.4, 0.5) is 10.1 Å². The van der Waals surface area contributed by atoms with E-state index in [1.807, 2.05) is 24.3 Å². The van der Waals surface area contributed by atoms with Crippen LogP contribution in [-0.2, 0) is 24.1 Å². The molecule has 5 rings (SSSR count). The molecule has 1 unspecified atom stereocenters. The largest absolute Gasteiger partial charge is 0.755 e. The fourth-order valence-corrected chi connectivity index (χ4v) is 5.65. The molecule has 1 heterocycles. The first-order valence-electron chi connectivity index (χ1n) is 12.1. The van der Waals surface area contributed by atoms with Crippen molar-refractivity contribution in [3.05, 3.63) is 92.9 Å². The van der Waals surface area contributed by atoms with Crippen molar-refractivity contribution in [3.8, 4) is 5.75 Å². The molecule has 1 aliphatic carbocycles. The predicted molar refractivity (Wildman–Crippen MR) is 147 cm³/mol. The second-order valence-electron chi connectivity index (χ2n) is 9.29. The summed E-state index contributed by atoms with van der Waals surface area (Å²) < 4.78 is 51.8. The van der Waals surface area contributed by atoms with Gasteiger partial charge in [-0.05, 0) is 88.1 Å². The van der Waals surface area contributed by atoms with Crippen LogP contribution >= 0.6 is 15.9 Å². The molecule has 1 atom stereocenters. The zero-order valence-electron chi connectivity index (χ0n) is 20.5. The SMILES string of the molecule is COc1cc(CCN(c2cc3oc(Cc4ccc(F)cc4)c(C(N)=O)c3cc2C2CC2)S(=O)[O-])ccc1Br. The van der Waals surface area contributed by atoms with Gasteiger partial charge in [0.2, 0.25) is 0 Å². The molecule has 0 aliphatic heterocycles. The minimum atomic E-state index is -2.55. The molecule has 1 amide bonds. The van der Waals surface area contributed by atoms with Gasteiger partial charge in [-0.2, -0.15) is 0 Å². The number of nitrogens with two attached hydrogens (primary N) is 1. The van der Waals surface area contributed by atoms with Crippen molar-refractivity contribution in [1.29, 1.82) is 0 Å². The van der Waals surface area contributed by atoms with E-state index in [4.69, 9.17) is 14.9 Å². The van der Waals surface area contributed by atoms with Crippen LogP contribution in [0, 0.1) is 5.82 Å². The lowest BCUT2D eigenvalue weighted by Gasteiger charge is -2.29. The van der Waals surface area contributed by atoms with Gasteiger partial charge < -0.3 is 23.7 Å². The number of hydrogen-bond donors (Lipinski definition) is 1. The van der Waals surface area contributed by atoms with Crippen LogP contribution in [0.15, 0.2) is 63.5 Å². The Bertz CT molecular complexity index is 1530. The Morgan fingerprint density at radius 1 is 1.18 bits per heavy atom. The number of methoxy groups -OCH3 is 1.